The Bertz CT molecular complexity index is 685. The molecule has 2 aliphatic rings. The SMILES string of the molecule is Cc1ccc(S(=O)(=O)N2[C@@H](CC(F)(F)F)C[C@@H]3CCCC[C@H]32)cc1. The molecule has 1 saturated carbocycles. The molecule has 24 heavy (non-hydrogen) atoms. The Balaban J connectivity index is 1.97. The molecule has 1 aliphatic carbocycles. The Hall–Kier alpha value is -1.08. The molecule has 0 radical (unpaired) electrons. The molecule has 134 valence electrons. The van der Waals surface area contributed by atoms with E-state index in [2.05, 4.69) is 0 Å². The quantitative estimate of drug-likeness (QED) is 0.806. The molecule has 3 rings (SSSR count). The summed E-state index contributed by atoms with van der Waals surface area (Å²) in [6.45, 7) is 1.84. The van der Waals surface area contributed by atoms with Crippen LogP contribution in [-0.2, 0) is 10.0 Å². The maximum Gasteiger partial charge on any atom is 0.390 e. The summed E-state index contributed by atoms with van der Waals surface area (Å²) in [6, 6.07) is 5.07. The van der Waals surface area contributed by atoms with Crippen LogP contribution >= 0.6 is 0 Å². The second-order valence-corrected chi connectivity index (χ2v) is 8.81. The van der Waals surface area contributed by atoms with Crippen LogP contribution in [0.3, 0.4) is 0 Å². The predicted octanol–water partition coefficient (Wildman–Crippen LogP) is 4.27. The van der Waals surface area contributed by atoms with Gasteiger partial charge >= 0.3 is 6.18 Å². The van der Waals surface area contributed by atoms with Crippen LogP contribution in [0, 0.1) is 12.8 Å². The molecule has 0 N–H and O–H groups in total. The molecule has 1 heterocycles. The molecule has 1 aromatic rings. The van der Waals surface area contributed by atoms with Gasteiger partial charge in [0.2, 0.25) is 10.0 Å². The van der Waals surface area contributed by atoms with Crippen molar-refractivity contribution in [1.82, 2.24) is 4.31 Å². The molecule has 0 spiro atoms. The van der Waals surface area contributed by atoms with E-state index in [1.165, 1.54) is 16.4 Å². The van der Waals surface area contributed by atoms with E-state index in [0.29, 0.717) is 12.8 Å². The summed E-state index contributed by atoms with van der Waals surface area (Å²) < 4.78 is 66.2. The zero-order chi connectivity index (χ0) is 17.5. The van der Waals surface area contributed by atoms with Crippen molar-refractivity contribution in [3.8, 4) is 0 Å². The number of rotatable bonds is 3. The van der Waals surface area contributed by atoms with Crippen LogP contribution < -0.4 is 0 Å². The molecule has 0 bridgehead atoms. The summed E-state index contributed by atoms with van der Waals surface area (Å²) in [4.78, 5) is 0.0893. The number of alkyl halides is 3. The van der Waals surface area contributed by atoms with Crippen LogP contribution in [0.1, 0.15) is 44.1 Å². The lowest BCUT2D eigenvalue weighted by Crippen LogP contribution is -2.44. The molecule has 7 heteroatoms. The summed E-state index contributed by atoms with van der Waals surface area (Å²) >= 11 is 0. The van der Waals surface area contributed by atoms with Crippen LogP contribution in [0.15, 0.2) is 29.2 Å². The van der Waals surface area contributed by atoms with E-state index in [0.717, 1.165) is 24.8 Å². The molecule has 1 aliphatic heterocycles. The van der Waals surface area contributed by atoms with Gasteiger partial charge < -0.3 is 0 Å². The normalized spacial score (nSPS) is 28.8. The first-order valence-electron chi connectivity index (χ1n) is 8.35. The van der Waals surface area contributed by atoms with Crippen molar-refractivity contribution in [2.75, 3.05) is 0 Å². The Kier molecular flexibility index (Phi) is 4.68. The van der Waals surface area contributed by atoms with Crippen LogP contribution in [0.2, 0.25) is 0 Å². The Labute approximate surface area is 140 Å². The summed E-state index contributed by atoms with van der Waals surface area (Å²) in [5.74, 6) is 0.0475. The van der Waals surface area contributed by atoms with Crippen LogP contribution in [0.4, 0.5) is 13.2 Å². The monoisotopic (exact) mass is 361 g/mol. The third-order valence-electron chi connectivity index (χ3n) is 5.19. The zero-order valence-corrected chi connectivity index (χ0v) is 14.4. The van der Waals surface area contributed by atoms with E-state index in [4.69, 9.17) is 0 Å². The van der Waals surface area contributed by atoms with Crippen LogP contribution in [0.25, 0.3) is 0 Å². The van der Waals surface area contributed by atoms with E-state index in [9.17, 15) is 21.6 Å². The van der Waals surface area contributed by atoms with E-state index < -0.39 is 28.7 Å². The van der Waals surface area contributed by atoms with Crippen molar-refractivity contribution in [3.05, 3.63) is 29.8 Å². The molecule has 3 atom stereocenters. The van der Waals surface area contributed by atoms with Gasteiger partial charge in [-0.05, 0) is 44.2 Å². The van der Waals surface area contributed by atoms with Gasteiger partial charge in [0.15, 0.2) is 0 Å². The molecule has 0 aromatic heterocycles. The highest BCUT2D eigenvalue weighted by molar-refractivity contribution is 7.89. The lowest BCUT2D eigenvalue weighted by molar-refractivity contribution is -0.142. The maximum atomic E-state index is 13.1. The molecule has 3 nitrogen and oxygen atoms in total. The topological polar surface area (TPSA) is 37.4 Å². The zero-order valence-electron chi connectivity index (χ0n) is 13.6. The molecule has 0 unspecified atom stereocenters. The highest BCUT2D eigenvalue weighted by Gasteiger charge is 2.51. The van der Waals surface area contributed by atoms with Gasteiger partial charge in [-0.25, -0.2) is 8.42 Å². The minimum atomic E-state index is -4.36. The first-order valence-corrected chi connectivity index (χ1v) is 9.79. The number of hydrogen-bond donors (Lipinski definition) is 0. The molecule has 1 aromatic carbocycles. The summed E-state index contributed by atoms with van der Waals surface area (Å²) in [5.41, 5.74) is 0.915. The van der Waals surface area contributed by atoms with Gasteiger partial charge in [-0.1, -0.05) is 30.5 Å². The number of halogens is 3. The summed E-state index contributed by atoms with van der Waals surface area (Å²) in [7, 11) is -3.91. The number of nitrogens with zero attached hydrogens (tertiary/aromatic N) is 1. The van der Waals surface area contributed by atoms with Gasteiger partial charge in [0.25, 0.3) is 0 Å². The Morgan fingerprint density at radius 1 is 1.12 bits per heavy atom. The smallest absolute Gasteiger partial charge is 0.207 e. The van der Waals surface area contributed by atoms with Crippen LogP contribution in [0.5, 0.6) is 0 Å². The summed E-state index contributed by atoms with van der Waals surface area (Å²) in [6.07, 6.45) is -1.79. The number of sulfonamides is 1. The number of hydrogen-bond acceptors (Lipinski definition) is 2. The number of aryl methyl sites for hydroxylation is 1. The minimum absolute atomic E-state index is 0.0475. The lowest BCUT2D eigenvalue weighted by atomic mass is 9.85. The molecular formula is C17H22F3NO2S. The second-order valence-electron chi connectivity index (χ2n) is 6.97. The Morgan fingerprint density at radius 3 is 2.38 bits per heavy atom. The van der Waals surface area contributed by atoms with Crippen molar-refractivity contribution >= 4 is 10.0 Å². The van der Waals surface area contributed by atoms with Crippen molar-refractivity contribution < 1.29 is 21.6 Å². The highest BCUT2D eigenvalue weighted by atomic mass is 32.2. The fraction of sp³-hybridized carbons (Fsp3) is 0.647. The van der Waals surface area contributed by atoms with Crippen molar-refractivity contribution in [2.45, 2.75) is 68.6 Å². The van der Waals surface area contributed by atoms with Gasteiger partial charge in [0.1, 0.15) is 0 Å². The molecular weight excluding hydrogens is 339 g/mol. The molecule has 2 fully saturated rings. The fourth-order valence-electron chi connectivity index (χ4n) is 4.17. The molecule has 1 saturated heterocycles. The first kappa shape index (κ1) is 17.7. The molecule has 0 amide bonds. The second kappa shape index (κ2) is 6.33. The highest BCUT2D eigenvalue weighted by Crippen LogP contribution is 2.45. The number of fused-ring (bicyclic) bond motifs is 1. The van der Waals surface area contributed by atoms with Gasteiger partial charge in [-0.3, -0.25) is 0 Å². The van der Waals surface area contributed by atoms with Gasteiger partial charge in [-0.15, -0.1) is 0 Å². The first-order chi connectivity index (χ1) is 11.2. The van der Waals surface area contributed by atoms with Gasteiger partial charge in [0, 0.05) is 12.1 Å². The third kappa shape index (κ3) is 3.47. The van der Waals surface area contributed by atoms with Crippen LogP contribution in [-0.4, -0.2) is 31.0 Å². The van der Waals surface area contributed by atoms with Crippen molar-refractivity contribution in [3.63, 3.8) is 0 Å². The fourth-order valence-corrected chi connectivity index (χ4v) is 6.08. The third-order valence-corrected chi connectivity index (χ3v) is 7.19. The van der Waals surface area contributed by atoms with E-state index >= 15 is 0 Å². The largest absolute Gasteiger partial charge is 0.390 e. The average Bonchev–Trinajstić information content (AvgIpc) is 2.83. The summed E-state index contributed by atoms with van der Waals surface area (Å²) in [5, 5.41) is 0. The average molecular weight is 361 g/mol. The van der Waals surface area contributed by atoms with E-state index in [-0.39, 0.29) is 16.9 Å². The van der Waals surface area contributed by atoms with Crippen molar-refractivity contribution in [1.29, 1.82) is 0 Å². The lowest BCUT2D eigenvalue weighted by Gasteiger charge is -2.33. The standard InChI is InChI=1S/C17H22F3NO2S/c1-12-6-8-15(9-7-12)24(22,23)21-14(11-17(18,19)20)10-13-4-2-3-5-16(13)21/h6-9,13-14,16H,2-5,10-11H2,1H3/t13-,14+,16+/m0/s1. The Morgan fingerprint density at radius 2 is 1.75 bits per heavy atom. The maximum absolute atomic E-state index is 13.1. The van der Waals surface area contributed by atoms with Gasteiger partial charge in [-0.2, -0.15) is 17.5 Å². The van der Waals surface area contributed by atoms with Crippen molar-refractivity contribution in [2.24, 2.45) is 5.92 Å². The van der Waals surface area contributed by atoms with E-state index in [1.54, 1.807) is 12.1 Å². The van der Waals surface area contributed by atoms with E-state index in [1.807, 2.05) is 6.92 Å². The minimum Gasteiger partial charge on any atom is -0.207 e. The number of benzene rings is 1. The van der Waals surface area contributed by atoms with Gasteiger partial charge in [0.05, 0.1) is 11.3 Å². The predicted molar refractivity (Wildman–Crippen MR) is 85.0 cm³/mol.